The Hall–Kier alpha value is -2.50. The highest BCUT2D eigenvalue weighted by atomic mass is 19.1. The maximum absolute atomic E-state index is 13.5. The number of rotatable bonds is 4. The number of aromatic nitrogens is 2. The second-order valence-electron chi connectivity index (χ2n) is 8.39. The van der Waals surface area contributed by atoms with E-state index in [0.29, 0.717) is 5.95 Å². The van der Waals surface area contributed by atoms with E-state index in [9.17, 15) is 9.18 Å². The van der Waals surface area contributed by atoms with Crippen molar-refractivity contribution in [2.75, 3.05) is 25.5 Å². The molecule has 2 aromatic rings. The fourth-order valence-electron chi connectivity index (χ4n) is 4.59. The van der Waals surface area contributed by atoms with E-state index in [1.165, 1.54) is 12.1 Å². The minimum absolute atomic E-state index is 0.0568. The Morgan fingerprint density at radius 1 is 1.07 bits per heavy atom. The molecule has 1 aromatic heterocycles. The molecule has 2 fully saturated rings. The van der Waals surface area contributed by atoms with Crippen LogP contribution in [0.25, 0.3) is 11.1 Å². The lowest BCUT2D eigenvalue weighted by Gasteiger charge is -2.38. The van der Waals surface area contributed by atoms with Crippen LogP contribution in [0.4, 0.5) is 10.3 Å². The first-order valence-electron chi connectivity index (χ1n) is 10.7. The minimum atomic E-state index is -0.267. The van der Waals surface area contributed by atoms with Crippen LogP contribution in [0.2, 0.25) is 0 Å². The van der Waals surface area contributed by atoms with E-state index in [-0.39, 0.29) is 23.7 Å². The summed E-state index contributed by atoms with van der Waals surface area (Å²) in [5.41, 5.74) is 2.64. The fraction of sp³-hybridized carbons (Fsp3) is 0.522. The second kappa shape index (κ2) is 8.47. The minimum Gasteiger partial charge on any atom is -0.347 e. The van der Waals surface area contributed by atoms with Crippen molar-refractivity contribution in [2.45, 2.75) is 51.0 Å². The summed E-state index contributed by atoms with van der Waals surface area (Å²) < 4.78 is 13.5. The quantitative estimate of drug-likeness (QED) is 0.758. The smallest absolute Gasteiger partial charge is 0.226 e. The SMILES string of the molecule is CN(C)c1ncc(-c2ccc(F)cc2)c(C2CCCCN2C(=O)C2CCCC2)n1. The zero-order valence-corrected chi connectivity index (χ0v) is 17.3. The van der Waals surface area contributed by atoms with Gasteiger partial charge in [-0.05, 0) is 49.8 Å². The molecule has 0 radical (unpaired) electrons. The van der Waals surface area contributed by atoms with Crippen molar-refractivity contribution < 1.29 is 9.18 Å². The third kappa shape index (κ3) is 4.11. The van der Waals surface area contributed by atoms with E-state index in [4.69, 9.17) is 4.98 Å². The van der Waals surface area contributed by atoms with Crippen molar-refractivity contribution in [2.24, 2.45) is 5.92 Å². The predicted octanol–water partition coefficient (Wildman–Crippen LogP) is 4.59. The number of nitrogens with zero attached hydrogens (tertiary/aromatic N) is 4. The third-order valence-electron chi connectivity index (χ3n) is 6.17. The Labute approximate surface area is 172 Å². The Bertz CT molecular complexity index is 862. The standard InChI is InChI=1S/C23H29FN4O/c1-27(2)23-25-15-19(16-10-12-18(24)13-11-16)21(26-23)20-9-5-6-14-28(20)22(29)17-7-3-4-8-17/h10-13,15,17,20H,3-9,14H2,1-2H3. The molecule has 4 rings (SSSR count). The van der Waals surface area contributed by atoms with Gasteiger partial charge >= 0.3 is 0 Å². The summed E-state index contributed by atoms with van der Waals surface area (Å²) in [7, 11) is 3.83. The first-order valence-corrected chi connectivity index (χ1v) is 10.7. The number of piperidine rings is 1. The highest BCUT2D eigenvalue weighted by Crippen LogP contribution is 2.38. The van der Waals surface area contributed by atoms with Gasteiger partial charge in [0.1, 0.15) is 5.82 Å². The first-order chi connectivity index (χ1) is 14.0. The lowest BCUT2D eigenvalue weighted by Crippen LogP contribution is -2.42. The molecule has 1 amide bonds. The lowest BCUT2D eigenvalue weighted by molar-refractivity contribution is -0.139. The van der Waals surface area contributed by atoms with Crippen LogP contribution in [-0.4, -0.2) is 41.4 Å². The molecule has 0 N–H and O–H groups in total. The summed E-state index contributed by atoms with van der Waals surface area (Å²) in [6, 6.07) is 6.39. The average molecular weight is 397 g/mol. The van der Waals surface area contributed by atoms with Crippen LogP contribution in [0.5, 0.6) is 0 Å². The maximum atomic E-state index is 13.5. The van der Waals surface area contributed by atoms with Crippen LogP contribution >= 0.6 is 0 Å². The average Bonchev–Trinajstić information content (AvgIpc) is 3.28. The van der Waals surface area contributed by atoms with Gasteiger partial charge in [0.25, 0.3) is 0 Å². The van der Waals surface area contributed by atoms with E-state index in [0.717, 1.165) is 68.3 Å². The summed E-state index contributed by atoms with van der Waals surface area (Å²) in [6.45, 7) is 0.782. The van der Waals surface area contributed by atoms with Crippen molar-refractivity contribution in [1.29, 1.82) is 0 Å². The third-order valence-corrected chi connectivity index (χ3v) is 6.17. The lowest BCUT2D eigenvalue weighted by atomic mass is 9.92. The summed E-state index contributed by atoms with van der Waals surface area (Å²) in [5.74, 6) is 0.795. The van der Waals surface area contributed by atoms with E-state index >= 15 is 0 Å². The van der Waals surface area contributed by atoms with Crippen molar-refractivity contribution in [3.63, 3.8) is 0 Å². The summed E-state index contributed by atoms with van der Waals surface area (Å²) in [6.07, 6.45) is 9.12. The molecule has 0 spiro atoms. The molecule has 1 aromatic carbocycles. The molecule has 29 heavy (non-hydrogen) atoms. The normalized spacial score (nSPS) is 20.1. The molecule has 154 valence electrons. The van der Waals surface area contributed by atoms with Gasteiger partial charge in [0, 0.05) is 38.3 Å². The predicted molar refractivity (Wildman–Crippen MR) is 112 cm³/mol. The molecular weight excluding hydrogens is 367 g/mol. The van der Waals surface area contributed by atoms with Crippen molar-refractivity contribution in [3.05, 3.63) is 42.0 Å². The summed E-state index contributed by atoms with van der Waals surface area (Å²) in [5, 5.41) is 0. The molecule has 1 unspecified atom stereocenters. The zero-order chi connectivity index (χ0) is 20.4. The van der Waals surface area contributed by atoms with E-state index < -0.39 is 0 Å². The number of benzene rings is 1. The summed E-state index contributed by atoms with van der Waals surface area (Å²) in [4.78, 5) is 26.6. The molecule has 1 atom stereocenters. The molecule has 1 aliphatic carbocycles. The van der Waals surface area contributed by atoms with Gasteiger partial charge in [-0.1, -0.05) is 25.0 Å². The number of likely N-dealkylation sites (tertiary alicyclic amines) is 1. The highest BCUT2D eigenvalue weighted by molar-refractivity contribution is 5.80. The Morgan fingerprint density at radius 2 is 1.76 bits per heavy atom. The molecule has 1 aliphatic heterocycles. The monoisotopic (exact) mass is 396 g/mol. The Morgan fingerprint density at radius 3 is 2.45 bits per heavy atom. The van der Waals surface area contributed by atoms with E-state index in [1.54, 1.807) is 12.1 Å². The van der Waals surface area contributed by atoms with Gasteiger partial charge in [0.05, 0.1) is 11.7 Å². The molecular formula is C23H29FN4O. The van der Waals surface area contributed by atoms with Gasteiger partial charge in [-0.3, -0.25) is 4.79 Å². The maximum Gasteiger partial charge on any atom is 0.226 e. The van der Waals surface area contributed by atoms with Gasteiger partial charge < -0.3 is 9.80 Å². The van der Waals surface area contributed by atoms with Gasteiger partial charge in [-0.25, -0.2) is 14.4 Å². The highest BCUT2D eigenvalue weighted by Gasteiger charge is 2.35. The molecule has 1 saturated carbocycles. The molecule has 2 heterocycles. The molecule has 6 heteroatoms. The number of amides is 1. The van der Waals surface area contributed by atoms with Crippen molar-refractivity contribution >= 4 is 11.9 Å². The van der Waals surface area contributed by atoms with Gasteiger partial charge in [0.15, 0.2) is 0 Å². The van der Waals surface area contributed by atoms with Crippen LogP contribution in [0.3, 0.4) is 0 Å². The number of hydrogen-bond acceptors (Lipinski definition) is 4. The fourth-order valence-corrected chi connectivity index (χ4v) is 4.59. The van der Waals surface area contributed by atoms with Crippen LogP contribution < -0.4 is 4.90 Å². The number of carbonyl (C=O) groups excluding carboxylic acids is 1. The summed E-state index contributed by atoms with van der Waals surface area (Å²) >= 11 is 0. The van der Waals surface area contributed by atoms with E-state index in [2.05, 4.69) is 9.88 Å². The molecule has 0 bridgehead atoms. The van der Waals surface area contributed by atoms with E-state index in [1.807, 2.05) is 25.2 Å². The number of halogens is 1. The van der Waals surface area contributed by atoms with Crippen LogP contribution in [0, 0.1) is 11.7 Å². The van der Waals surface area contributed by atoms with Gasteiger partial charge in [-0.15, -0.1) is 0 Å². The van der Waals surface area contributed by atoms with Gasteiger partial charge in [0.2, 0.25) is 11.9 Å². The topological polar surface area (TPSA) is 49.3 Å². The molecule has 5 nitrogen and oxygen atoms in total. The Kier molecular flexibility index (Phi) is 5.79. The first kappa shape index (κ1) is 19.8. The number of carbonyl (C=O) groups is 1. The molecule has 1 saturated heterocycles. The second-order valence-corrected chi connectivity index (χ2v) is 8.39. The van der Waals surface area contributed by atoms with Crippen molar-refractivity contribution in [3.8, 4) is 11.1 Å². The van der Waals surface area contributed by atoms with Crippen LogP contribution in [-0.2, 0) is 4.79 Å². The largest absolute Gasteiger partial charge is 0.347 e. The zero-order valence-electron chi connectivity index (χ0n) is 17.3. The Balaban J connectivity index is 1.76. The van der Waals surface area contributed by atoms with Crippen LogP contribution in [0.1, 0.15) is 56.7 Å². The van der Waals surface area contributed by atoms with Crippen LogP contribution in [0.15, 0.2) is 30.5 Å². The van der Waals surface area contributed by atoms with Crippen molar-refractivity contribution in [1.82, 2.24) is 14.9 Å². The molecule has 2 aliphatic rings. The number of hydrogen-bond donors (Lipinski definition) is 0. The van der Waals surface area contributed by atoms with Gasteiger partial charge in [-0.2, -0.15) is 0 Å². The number of anilines is 1.